The van der Waals surface area contributed by atoms with Gasteiger partial charge in [-0.2, -0.15) is 31.6 Å². The summed E-state index contributed by atoms with van der Waals surface area (Å²) in [6.07, 6.45) is -9.70. The second-order valence-corrected chi connectivity index (χ2v) is 7.68. The van der Waals surface area contributed by atoms with Crippen molar-refractivity contribution in [2.75, 3.05) is 19.0 Å². The average molecular weight is 486 g/mol. The van der Waals surface area contributed by atoms with E-state index in [1.807, 2.05) is 0 Å². The van der Waals surface area contributed by atoms with Gasteiger partial charge in [0.15, 0.2) is 0 Å². The summed E-state index contributed by atoms with van der Waals surface area (Å²) >= 11 is 0. The highest BCUT2D eigenvalue weighted by atomic mass is 19.4. The number of anilines is 1. The van der Waals surface area contributed by atoms with Crippen molar-refractivity contribution in [3.8, 4) is 11.8 Å². The third-order valence-electron chi connectivity index (χ3n) is 5.40. The normalized spacial score (nSPS) is 20.5. The summed E-state index contributed by atoms with van der Waals surface area (Å²) in [6.45, 7) is -0.159. The van der Waals surface area contributed by atoms with Crippen LogP contribution in [0.25, 0.3) is 0 Å². The fourth-order valence-corrected chi connectivity index (χ4v) is 3.80. The zero-order valence-electron chi connectivity index (χ0n) is 17.7. The largest absolute Gasteiger partial charge is 0.492 e. The molecule has 1 aliphatic heterocycles. The van der Waals surface area contributed by atoms with Crippen LogP contribution in [-0.4, -0.2) is 37.9 Å². The first-order valence-corrected chi connectivity index (χ1v) is 10.1. The minimum atomic E-state index is -4.87. The number of ether oxygens (including phenoxy) is 1. The first-order chi connectivity index (χ1) is 15.9. The quantitative estimate of drug-likeness (QED) is 0.531. The monoisotopic (exact) mass is 486 g/mol. The Morgan fingerprint density at radius 1 is 1.15 bits per heavy atom. The number of halogens is 6. The molecule has 0 saturated carbocycles. The summed E-state index contributed by atoms with van der Waals surface area (Å²) in [7, 11) is 1.45. The zero-order chi connectivity index (χ0) is 25.1. The van der Waals surface area contributed by atoms with Gasteiger partial charge in [0.25, 0.3) is 0 Å². The van der Waals surface area contributed by atoms with E-state index in [1.165, 1.54) is 25.2 Å². The Hall–Kier alpha value is -3.46. The van der Waals surface area contributed by atoms with Crippen LogP contribution in [0.3, 0.4) is 0 Å². The molecule has 1 heterocycles. The minimum absolute atomic E-state index is 0.121. The molecular formula is C22H20F6N4O2. The maximum Gasteiger partial charge on any atom is 0.417 e. The van der Waals surface area contributed by atoms with Crippen molar-refractivity contribution in [1.82, 2.24) is 10.6 Å². The first kappa shape index (κ1) is 25.2. The average Bonchev–Trinajstić information content (AvgIpc) is 3.22. The van der Waals surface area contributed by atoms with Crippen molar-refractivity contribution in [2.45, 2.75) is 36.8 Å². The Morgan fingerprint density at radius 2 is 1.82 bits per heavy atom. The molecule has 0 radical (unpaired) electrons. The number of nitrogens with one attached hydrogen (secondary N) is 3. The van der Waals surface area contributed by atoms with Gasteiger partial charge in [-0.15, -0.1) is 0 Å². The van der Waals surface area contributed by atoms with E-state index in [4.69, 9.17) is 10.00 Å². The standard InChI is InChI=1S/C22H20F6N4O2/c1-30-20(33)32-14-4-6-16(7-5-14)34-11-15-9-17(19(31-15)22(26,27)28)12-2-3-13(10-29)18(8-12)21(23,24)25/h2-8,15,17,19,31H,9,11H2,1H3,(H2,30,32,33). The molecule has 182 valence electrons. The van der Waals surface area contributed by atoms with Gasteiger partial charge >= 0.3 is 18.4 Å². The molecule has 3 unspecified atom stereocenters. The molecule has 0 aromatic heterocycles. The van der Waals surface area contributed by atoms with Crippen LogP contribution in [0.4, 0.5) is 36.8 Å². The fourth-order valence-electron chi connectivity index (χ4n) is 3.80. The number of hydrogen-bond donors (Lipinski definition) is 3. The van der Waals surface area contributed by atoms with Crippen LogP contribution >= 0.6 is 0 Å². The Balaban J connectivity index is 1.75. The number of rotatable bonds is 5. The minimum Gasteiger partial charge on any atom is -0.492 e. The van der Waals surface area contributed by atoms with Gasteiger partial charge in [-0.1, -0.05) is 6.07 Å². The topological polar surface area (TPSA) is 86.2 Å². The van der Waals surface area contributed by atoms with Crippen LogP contribution in [0, 0.1) is 11.3 Å². The highest BCUT2D eigenvalue weighted by molar-refractivity contribution is 5.88. The lowest BCUT2D eigenvalue weighted by molar-refractivity contribution is -0.156. The number of carbonyl (C=O) groups excluding carboxylic acids is 1. The molecule has 3 N–H and O–H groups in total. The predicted molar refractivity (Wildman–Crippen MR) is 110 cm³/mol. The molecule has 0 spiro atoms. The Labute approximate surface area is 190 Å². The fraction of sp³-hybridized carbons (Fsp3) is 0.364. The number of urea groups is 1. The van der Waals surface area contributed by atoms with Gasteiger partial charge in [0.2, 0.25) is 0 Å². The van der Waals surface area contributed by atoms with Crippen molar-refractivity contribution < 1.29 is 35.9 Å². The van der Waals surface area contributed by atoms with E-state index in [-0.39, 0.29) is 18.6 Å². The number of nitriles is 1. The van der Waals surface area contributed by atoms with Crippen molar-refractivity contribution in [2.24, 2.45) is 0 Å². The molecule has 1 saturated heterocycles. The number of nitrogens with zero attached hydrogens (tertiary/aromatic N) is 1. The van der Waals surface area contributed by atoms with E-state index in [0.29, 0.717) is 17.5 Å². The molecule has 6 nitrogen and oxygen atoms in total. The highest BCUT2D eigenvalue weighted by Gasteiger charge is 2.51. The first-order valence-electron chi connectivity index (χ1n) is 10.1. The summed E-state index contributed by atoms with van der Waals surface area (Å²) in [5.41, 5.74) is -1.60. The number of alkyl halides is 6. The molecule has 1 aliphatic rings. The number of benzene rings is 2. The van der Waals surface area contributed by atoms with Gasteiger partial charge in [-0.3, -0.25) is 5.32 Å². The van der Waals surface area contributed by atoms with Crippen LogP contribution in [0.2, 0.25) is 0 Å². The number of amides is 2. The molecule has 2 aromatic carbocycles. The van der Waals surface area contributed by atoms with Gasteiger partial charge in [0, 0.05) is 24.7 Å². The molecule has 12 heteroatoms. The number of carbonyl (C=O) groups is 1. The maximum absolute atomic E-state index is 13.7. The van der Waals surface area contributed by atoms with E-state index >= 15 is 0 Å². The molecule has 0 bridgehead atoms. The summed E-state index contributed by atoms with van der Waals surface area (Å²) in [4.78, 5) is 11.3. The van der Waals surface area contributed by atoms with Crippen LogP contribution in [0.15, 0.2) is 42.5 Å². The zero-order valence-corrected chi connectivity index (χ0v) is 17.7. The molecule has 0 aliphatic carbocycles. The second kappa shape index (κ2) is 9.80. The molecule has 34 heavy (non-hydrogen) atoms. The Kier molecular flexibility index (Phi) is 7.26. The summed E-state index contributed by atoms with van der Waals surface area (Å²) in [5.74, 6) is -0.949. The van der Waals surface area contributed by atoms with Gasteiger partial charge in [-0.25, -0.2) is 4.79 Å². The van der Waals surface area contributed by atoms with Crippen molar-refractivity contribution in [1.29, 1.82) is 5.26 Å². The lowest BCUT2D eigenvalue weighted by Gasteiger charge is -2.23. The predicted octanol–water partition coefficient (Wildman–Crippen LogP) is 4.78. The van der Waals surface area contributed by atoms with E-state index in [0.717, 1.165) is 12.1 Å². The van der Waals surface area contributed by atoms with E-state index in [9.17, 15) is 31.1 Å². The molecular weight excluding hydrogens is 466 g/mol. The van der Waals surface area contributed by atoms with Crippen LogP contribution in [0.5, 0.6) is 5.75 Å². The van der Waals surface area contributed by atoms with Gasteiger partial charge < -0.3 is 15.4 Å². The van der Waals surface area contributed by atoms with E-state index < -0.39 is 47.5 Å². The lowest BCUT2D eigenvalue weighted by atomic mass is 9.88. The third kappa shape index (κ3) is 5.91. The SMILES string of the molecule is CNC(=O)Nc1ccc(OCC2CC(c3ccc(C#N)c(C(F)(F)F)c3)C(C(F)(F)F)N2)cc1. The Morgan fingerprint density at radius 3 is 2.38 bits per heavy atom. The molecule has 3 atom stereocenters. The lowest BCUT2D eigenvalue weighted by Crippen LogP contribution is -2.44. The van der Waals surface area contributed by atoms with E-state index in [2.05, 4.69) is 16.0 Å². The summed E-state index contributed by atoms with van der Waals surface area (Å²) < 4.78 is 86.5. The van der Waals surface area contributed by atoms with Gasteiger partial charge in [0.1, 0.15) is 18.4 Å². The van der Waals surface area contributed by atoms with Crippen LogP contribution in [-0.2, 0) is 6.18 Å². The van der Waals surface area contributed by atoms with Gasteiger partial charge in [-0.05, 0) is 48.4 Å². The van der Waals surface area contributed by atoms with Gasteiger partial charge in [0.05, 0.1) is 17.2 Å². The van der Waals surface area contributed by atoms with Crippen molar-refractivity contribution >= 4 is 11.7 Å². The second-order valence-electron chi connectivity index (χ2n) is 7.68. The maximum atomic E-state index is 13.7. The molecule has 2 amide bonds. The highest BCUT2D eigenvalue weighted by Crippen LogP contribution is 2.42. The molecule has 3 rings (SSSR count). The smallest absolute Gasteiger partial charge is 0.417 e. The summed E-state index contributed by atoms with van der Waals surface area (Å²) in [6, 6.07) is 6.90. The number of hydrogen-bond acceptors (Lipinski definition) is 4. The van der Waals surface area contributed by atoms with E-state index in [1.54, 1.807) is 12.1 Å². The van der Waals surface area contributed by atoms with Crippen LogP contribution in [0.1, 0.15) is 29.0 Å². The Bertz CT molecular complexity index is 1060. The van der Waals surface area contributed by atoms with Crippen LogP contribution < -0.4 is 20.7 Å². The molecule has 2 aromatic rings. The third-order valence-corrected chi connectivity index (χ3v) is 5.40. The summed E-state index contributed by atoms with van der Waals surface area (Å²) in [5, 5.41) is 16.3. The molecule has 1 fully saturated rings. The van der Waals surface area contributed by atoms with Crippen molar-refractivity contribution in [3.63, 3.8) is 0 Å². The van der Waals surface area contributed by atoms with Crippen molar-refractivity contribution in [3.05, 3.63) is 59.2 Å².